The number of hydrogen-bond donors (Lipinski definition) is 1. The third-order valence-electron chi connectivity index (χ3n) is 4.09. The van der Waals surface area contributed by atoms with Gasteiger partial charge in [0.2, 0.25) is 0 Å². The van der Waals surface area contributed by atoms with Gasteiger partial charge in [-0.2, -0.15) is 0 Å². The third kappa shape index (κ3) is 3.94. The first-order chi connectivity index (χ1) is 9.11. The van der Waals surface area contributed by atoms with Crippen LogP contribution in [0, 0.1) is 5.92 Å². The van der Waals surface area contributed by atoms with Crippen LogP contribution in [0.4, 0.5) is 0 Å². The summed E-state index contributed by atoms with van der Waals surface area (Å²) in [6.07, 6.45) is 1.22. The lowest BCUT2D eigenvalue weighted by Gasteiger charge is -2.39. The highest BCUT2D eigenvalue weighted by Crippen LogP contribution is 2.25. The molecule has 1 aromatic rings. The van der Waals surface area contributed by atoms with E-state index in [0.717, 1.165) is 35.7 Å². The Morgan fingerprint density at radius 3 is 3.00 bits per heavy atom. The molecule has 0 saturated carbocycles. The van der Waals surface area contributed by atoms with Crippen molar-refractivity contribution in [1.29, 1.82) is 0 Å². The fourth-order valence-electron chi connectivity index (χ4n) is 2.67. The highest BCUT2D eigenvalue weighted by molar-refractivity contribution is 9.10. The molecule has 1 aliphatic rings. The van der Waals surface area contributed by atoms with Crippen molar-refractivity contribution >= 4 is 27.5 Å². The van der Waals surface area contributed by atoms with Crippen LogP contribution >= 0.6 is 27.5 Å². The van der Waals surface area contributed by atoms with Gasteiger partial charge in [0.25, 0.3) is 0 Å². The van der Waals surface area contributed by atoms with Gasteiger partial charge in [-0.05, 0) is 23.6 Å². The minimum atomic E-state index is 0.610. The molecule has 0 bridgehead atoms. The van der Waals surface area contributed by atoms with Crippen molar-refractivity contribution < 1.29 is 0 Å². The van der Waals surface area contributed by atoms with Gasteiger partial charge in [-0.3, -0.25) is 4.90 Å². The Morgan fingerprint density at radius 1 is 1.53 bits per heavy atom. The summed E-state index contributed by atoms with van der Waals surface area (Å²) >= 11 is 9.80. The molecule has 19 heavy (non-hydrogen) atoms. The fourth-order valence-corrected chi connectivity index (χ4v) is 3.40. The van der Waals surface area contributed by atoms with Crippen molar-refractivity contribution in [3.63, 3.8) is 0 Å². The van der Waals surface area contributed by atoms with Gasteiger partial charge >= 0.3 is 0 Å². The number of rotatable bonds is 4. The first-order valence-electron chi connectivity index (χ1n) is 7.00. The van der Waals surface area contributed by atoms with Gasteiger partial charge in [0.1, 0.15) is 0 Å². The molecule has 1 aliphatic heterocycles. The average molecular weight is 346 g/mol. The number of halogens is 2. The van der Waals surface area contributed by atoms with E-state index in [1.54, 1.807) is 0 Å². The van der Waals surface area contributed by atoms with Gasteiger partial charge < -0.3 is 5.32 Å². The monoisotopic (exact) mass is 344 g/mol. The maximum absolute atomic E-state index is 6.34. The topological polar surface area (TPSA) is 15.3 Å². The van der Waals surface area contributed by atoms with E-state index in [-0.39, 0.29) is 0 Å². The minimum absolute atomic E-state index is 0.610. The van der Waals surface area contributed by atoms with E-state index in [2.05, 4.69) is 52.1 Å². The highest BCUT2D eigenvalue weighted by atomic mass is 79.9. The first kappa shape index (κ1) is 15.3. The van der Waals surface area contributed by atoms with Crippen LogP contribution < -0.4 is 5.32 Å². The van der Waals surface area contributed by atoms with Crippen LogP contribution in [-0.4, -0.2) is 30.6 Å². The number of nitrogens with one attached hydrogen (secondary N) is 1. The summed E-state index contributed by atoms with van der Waals surface area (Å²) in [7, 11) is 0. The molecule has 0 spiro atoms. The summed E-state index contributed by atoms with van der Waals surface area (Å²) in [4.78, 5) is 2.57. The van der Waals surface area contributed by atoms with E-state index in [1.807, 2.05) is 6.07 Å². The smallest absolute Gasteiger partial charge is 0.0462 e. The molecule has 0 aromatic heterocycles. The zero-order valence-corrected chi connectivity index (χ0v) is 14.0. The molecule has 0 amide bonds. The molecule has 1 heterocycles. The van der Waals surface area contributed by atoms with Crippen LogP contribution in [0.2, 0.25) is 5.02 Å². The van der Waals surface area contributed by atoms with Crippen molar-refractivity contribution in [3.8, 4) is 0 Å². The van der Waals surface area contributed by atoms with Gasteiger partial charge in [-0.25, -0.2) is 0 Å². The third-order valence-corrected chi connectivity index (χ3v) is 4.93. The average Bonchev–Trinajstić information content (AvgIpc) is 2.41. The summed E-state index contributed by atoms with van der Waals surface area (Å²) in [5, 5.41) is 4.36. The summed E-state index contributed by atoms with van der Waals surface area (Å²) in [5.74, 6) is 0.710. The van der Waals surface area contributed by atoms with E-state index in [1.165, 1.54) is 12.0 Å². The zero-order valence-electron chi connectivity index (χ0n) is 11.6. The maximum atomic E-state index is 6.34. The number of piperazine rings is 1. The second-order valence-corrected chi connectivity index (χ2v) is 6.69. The van der Waals surface area contributed by atoms with Crippen molar-refractivity contribution in [3.05, 3.63) is 33.3 Å². The number of hydrogen-bond acceptors (Lipinski definition) is 2. The Hall–Kier alpha value is -0.0900. The summed E-state index contributed by atoms with van der Waals surface area (Å²) < 4.78 is 1.04. The SMILES string of the molecule is CCC(C)C1CNCCN1Cc1ccc(Br)cc1Cl. The van der Waals surface area contributed by atoms with Crippen molar-refractivity contribution in [2.24, 2.45) is 5.92 Å². The lowest BCUT2D eigenvalue weighted by Crippen LogP contribution is -2.53. The number of benzene rings is 1. The zero-order chi connectivity index (χ0) is 13.8. The molecule has 1 N–H and O–H groups in total. The Bertz CT molecular complexity index is 425. The van der Waals surface area contributed by atoms with E-state index < -0.39 is 0 Å². The van der Waals surface area contributed by atoms with E-state index in [0.29, 0.717) is 12.0 Å². The van der Waals surface area contributed by atoms with Crippen LogP contribution in [0.15, 0.2) is 22.7 Å². The molecule has 1 fully saturated rings. The molecule has 2 atom stereocenters. The lowest BCUT2D eigenvalue weighted by molar-refractivity contribution is 0.109. The molecule has 1 saturated heterocycles. The predicted molar refractivity (Wildman–Crippen MR) is 85.7 cm³/mol. The van der Waals surface area contributed by atoms with E-state index in [9.17, 15) is 0 Å². The van der Waals surface area contributed by atoms with Crippen LogP contribution in [0.25, 0.3) is 0 Å². The molecular weight excluding hydrogens is 324 g/mol. The largest absolute Gasteiger partial charge is 0.314 e. The Labute approximate surface area is 129 Å². The molecular formula is C15H22BrClN2. The Kier molecular flexibility index (Phi) is 5.70. The second kappa shape index (κ2) is 7.07. The summed E-state index contributed by atoms with van der Waals surface area (Å²) in [6, 6.07) is 6.79. The van der Waals surface area contributed by atoms with Gasteiger partial charge in [0.15, 0.2) is 0 Å². The first-order valence-corrected chi connectivity index (χ1v) is 8.17. The fraction of sp³-hybridized carbons (Fsp3) is 0.600. The highest BCUT2D eigenvalue weighted by Gasteiger charge is 2.26. The van der Waals surface area contributed by atoms with Gasteiger partial charge in [0.05, 0.1) is 0 Å². The Balaban J connectivity index is 2.10. The molecule has 1 aromatic carbocycles. The van der Waals surface area contributed by atoms with E-state index in [4.69, 9.17) is 11.6 Å². The molecule has 2 nitrogen and oxygen atoms in total. The van der Waals surface area contributed by atoms with Crippen LogP contribution in [0.5, 0.6) is 0 Å². The van der Waals surface area contributed by atoms with Gasteiger partial charge in [0, 0.05) is 41.7 Å². The molecule has 0 radical (unpaired) electrons. The van der Waals surface area contributed by atoms with E-state index >= 15 is 0 Å². The molecule has 4 heteroatoms. The number of nitrogens with zero attached hydrogens (tertiary/aromatic N) is 1. The van der Waals surface area contributed by atoms with Gasteiger partial charge in [-0.15, -0.1) is 0 Å². The molecule has 0 aliphatic carbocycles. The van der Waals surface area contributed by atoms with Crippen molar-refractivity contribution in [1.82, 2.24) is 10.2 Å². The molecule has 106 valence electrons. The normalized spacial score (nSPS) is 22.4. The quantitative estimate of drug-likeness (QED) is 0.889. The van der Waals surface area contributed by atoms with Crippen molar-refractivity contribution in [2.75, 3.05) is 19.6 Å². The maximum Gasteiger partial charge on any atom is 0.0462 e. The van der Waals surface area contributed by atoms with Crippen LogP contribution in [0.3, 0.4) is 0 Å². The standard InChI is InChI=1S/C15H22BrClN2/c1-3-11(2)15-9-18-6-7-19(15)10-12-4-5-13(16)8-14(12)17/h4-5,8,11,15,18H,3,6-7,9-10H2,1-2H3. The van der Waals surface area contributed by atoms with Crippen molar-refractivity contribution in [2.45, 2.75) is 32.9 Å². The van der Waals surface area contributed by atoms with Crippen LogP contribution in [-0.2, 0) is 6.54 Å². The van der Waals surface area contributed by atoms with Crippen LogP contribution in [0.1, 0.15) is 25.8 Å². The minimum Gasteiger partial charge on any atom is -0.314 e. The lowest BCUT2D eigenvalue weighted by atomic mass is 9.95. The second-order valence-electron chi connectivity index (χ2n) is 5.36. The summed E-state index contributed by atoms with van der Waals surface area (Å²) in [5.41, 5.74) is 1.22. The summed E-state index contributed by atoms with van der Waals surface area (Å²) in [6.45, 7) is 8.81. The molecule has 2 unspecified atom stereocenters. The van der Waals surface area contributed by atoms with Gasteiger partial charge in [-0.1, -0.05) is 53.9 Å². The predicted octanol–water partition coefficient (Wildman–Crippen LogP) is 3.92. The Morgan fingerprint density at radius 2 is 2.32 bits per heavy atom. The molecule has 2 rings (SSSR count).